The van der Waals surface area contributed by atoms with Crippen molar-refractivity contribution in [2.45, 2.75) is 24.3 Å². The summed E-state index contributed by atoms with van der Waals surface area (Å²) in [6.45, 7) is 2.04. The topological polar surface area (TPSA) is 26.3 Å². The second-order valence-corrected chi connectivity index (χ2v) is 6.00. The molecule has 102 valence electrons. The Morgan fingerprint density at radius 2 is 1.95 bits per heavy atom. The minimum atomic E-state index is -0.338. The number of carbonyl (C=O) groups is 1. The number of hydrogen-bond acceptors (Lipinski definition) is 3. The minimum absolute atomic E-state index is 0.154. The van der Waals surface area contributed by atoms with Crippen LogP contribution in [-0.4, -0.2) is 17.6 Å². The van der Waals surface area contributed by atoms with Crippen molar-refractivity contribution < 1.29 is 9.53 Å². The number of para-hydroxylation sites is 1. The maximum atomic E-state index is 12.4. The Hall–Kier alpha value is -1.74. The van der Waals surface area contributed by atoms with Crippen LogP contribution in [0.3, 0.4) is 0 Å². The molecule has 0 aromatic heterocycles. The molecule has 0 radical (unpaired) electrons. The van der Waals surface area contributed by atoms with Gasteiger partial charge in [0.2, 0.25) is 0 Å². The number of thioether (sulfide) groups is 1. The van der Waals surface area contributed by atoms with Crippen molar-refractivity contribution in [3.05, 3.63) is 59.7 Å². The molecule has 1 aliphatic rings. The van der Waals surface area contributed by atoms with Gasteiger partial charge in [0.05, 0.1) is 0 Å². The fourth-order valence-electron chi connectivity index (χ4n) is 2.29. The number of ketones is 1. The Labute approximate surface area is 123 Å². The third kappa shape index (κ3) is 2.73. The normalized spacial score (nSPS) is 17.1. The highest BCUT2D eigenvalue weighted by Crippen LogP contribution is 2.35. The number of ether oxygens (including phenoxy) is 1. The molecule has 0 bridgehead atoms. The second kappa shape index (κ2) is 5.71. The summed E-state index contributed by atoms with van der Waals surface area (Å²) in [5, 5.41) is 0. The molecular weight excluding hydrogens is 268 g/mol. The lowest BCUT2D eigenvalue weighted by Crippen LogP contribution is -2.33. The summed E-state index contributed by atoms with van der Waals surface area (Å²) < 4.78 is 5.84. The Bertz CT molecular complexity index is 636. The van der Waals surface area contributed by atoms with Crippen LogP contribution in [0.5, 0.6) is 5.75 Å². The van der Waals surface area contributed by atoms with Crippen LogP contribution in [0.15, 0.2) is 53.4 Å². The largest absolute Gasteiger partial charge is 0.481 e. The average Bonchev–Trinajstić information content (AvgIpc) is 2.49. The first-order valence-corrected chi connectivity index (χ1v) is 7.68. The first-order valence-electron chi connectivity index (χ1n) is 6.70. The predicted octanol–water partition coefficient (Wildman–Crippen LogP) is 3.66. The monoisotopic (exact) mass is 284 g/mol. The molecule has 1 atom stereocenters. The van der Waals surface area contributed by atoms with Gasteiger partial charge in [0.15, 0.2) is 11.9 Å². The summed E-state index contributed by atoms with van der Waals surface area (Å²) in [5.74, 6) is 1.68. The van der Waals surface area contributed by atoms with Crippen molar-refractivity contribution in [1.29, 1.82) is 0 Å². The molecule has 0 spiro atoms. The summed E-state index contributed by atoms with van der Waals surface area (Å²) >= 11 is 1.69. The molecule has 1 aliphatic heterocycles. The molecule has 0 aliphatic carbocycles. The zero-order chi connectivity index (χ0) is 13.9. The lowest BCUT2D eigenvalue weighted by atomic mass is 10.0. The maximum Gasteiger partial charge on any atom is 0.178 e. The Morgan fingerprint density at radius 3 is 2.80 bits per heavy atom. The van der Waals surface area contributed by atoms with Crippen LogP contribution in [0, 0.1) is 6.92 Å². The first-order chi connectivity index (χ1) is 9.74. The van der Waals surface area contributed by atoms with E-state index in [2.05, 4.69) is 0 Å². The van der Waals surface area contributed by atoms with Gasteiger partial charge in [-0.1, -0.05) is 36.4 Å². The van der Waals surface area contributed by atoms with Crippen LogP contribution in [0.2, 0.25) is 0 Å². The zero-order valence-electron chi connectivity index (χ0n) is 11.3. The van der Waals surface area contributed by atoms with E-state index in [0.29, 0.717) is 12.2 Å². The number of Topliss-reactive ketones (excluding diaryl/α,β-unsaturated/α-hetero) is 1. The standard InChI is InChI=1S/C17H16O2S/c1-12-6-2-3-7-13(12)10-14(18)16-11-20-17-9-5-4-8-15(17)19-16/h2-9,16H,10-11H2,1H3. The summed E-state index contributed by atoms with van der Waals surface area (Å²) in [6.07, 6.45) is 0.106. The van der Waals surface area contributed by atoms with Gasteiger partial charge >= 0.3 is 0 Å². The second-order valence-electron chi connectivity index (χ2n) is 4.93. The van der Waals surface area contributed by atoms with Crippen molar-refractivity contribution in [3.8, 4) is 5.75 Å². The van der Waals surface area contributed by atoms with Crippen LogP contribution in [0.1, 0.15) is 11.1 Å². The zero-order valence-corrected chi connectivity index (χ0v) is 12.2. The molecule has 0 saturated carbocycles. The van der Waals surface area contributed by atoms with Crippen LogP contribution in [-0.2, 0) is 11.2 Å². The van der Waals surface area contributed by atoms with Crippen LogP contribution < -0.4 is 4.74 Å². The van der Waals surface area contributed by atoms with Crippen LogP contribution >= 0.6 is 11.8 Å². The van der Waals surface area contributed by atoms with Crippen LogP contribution in [0.4, 0.5) is 0 Å². The summed E-state index contributed by atoms with van der Waals surface area (Å²) in [7, 11) is 0. The lowest BCUT2D eigenvalue weighted by molar-refractivity contribution is -0.124. The Morgan fingerprint density at radius 1 is 1.20 bits per heavy atom. The van der Waals surface area contributed by atoms with Gasteiger partial charge in [-0.2, -0.15) is 0 Å². The molecule has 2 nitrogen and oxygen atoms in total. The summed E-state index contributed by atoms with van der Waals surface area (Å²) in [6, 6.07) is 15.9. The number of fused-ring (bicyclic) bond motifs is 1. The van der Waals surface area contributed by atoms with E-state index in [1.165, 1.54) is 0 Å². The molecule has 0 N–H and O–H groups in total. The highest BCUT2D eigenvalue weighted by Gasteiger charge is 2.26. The van der Waals surface area contributed by atoms with Gasteiger partial charge in [-0.15, -0.1) is 11.8 Å². The maximum absolute atomic E-state index is 12.4. The molecule has 2 aromatic carbocycles. The van der Waals surface area contributed by atoms with Crippen molar-refractivity contribution in [2.24, 2.45) is 0 Å². The van der Waals surface area contributed by atoms with Gasteiger partial charge in [-0.3, -0.25) is 4.79 Å². The fourth-order valence-corrected chi connectivity index (χ4v) is 3.31. The van der Waals surface area contributed by atoms with E-state index >= 15 is 0 Å². The molecule has 2 aromatic rings. The molecular formula is C17H16O2S. The molecule has 0 fully saturated rings. The first kappa shape index (κ1) is 13.3. The van der Waals surface area contributed by atoms with E-state index in [0.717, 1.165) is 21.8 Å². The van der Waals surface area contributed by atoms with Gasteiger partial charge in [-0.05, 0) is 30.2 Å². The van der Waals surface area contributed by atoms with E-state index in [9.17, 15) is 4.79 Å². The van der Waals surface area contributed by atoms with Gasteiger partial charge in [0.25, 0.3) is 0 Å². The highest BCUT2D eigenvalue weighted by atomic mass is 32.2. The smallest absolute Gasteiger partial charge is 0.178 e. The van der Waals surface area contributed by atoms with Crippen molar-refractivity contribution in [3.63, 3.8) is 0 Å². The number of carbonyl (C=O) groups excluding carboxylic acids is 1. The van der Waals surface area contributed by atoms with Gasteiger partial charge < -0.3 is 4.74 Å². The third-order valence-corrected chi connectivity index (χ3v) is 4.61. The fraction of sp³-hybridized carbons (Fsp3) is 0.235. The van der Waals surface area contributed by atoms with E-state index in [4.69, 9.17) is 4.74 Å². The third-order valence-electron chi connectivity index (χ3n) is 3.49. The van der Waals surface area contributed by atoms with E-state index < -0.39 is 0 Å². The molecule has 20 heavy (non-hydrogen) atoms. The Balaban J connectivity index is 1.72. The summed E-state index contributed by atoms with van der Waals surface area (Å²) in [4.78, 5) is 13.5. The highest BCUT2D eigenvalue weighted by molar-refractivity contribution is 7.99. The number of rotatable bonds is 3. The predicted molar refractivity (Wildman–Crippen MR) is 81.5 cm³/mol. The van der Waals surface area contributed by atoms with Gasteiger partial charge in [-0.25, -0.2) is 0 Å². The molecule has 1 heterocycles. The number of aryl methyl sites for hydroxylation is 1. The van der Waals surface area contributed by atoms with Crippen molar-refractivity contribution >= 4 is 17.5 Å². The molecule has 0 saturated heterocycles. The van der Waals surface area contributed by atoms with E-state index in [1.807, 2.05) is 55.5 Å². The molecule has 3 heteroatoms. The molecule has 3 rings (SSSR count). The van der Waals surface area contributed by atoms with Gasteiger partial charge in [0.1, 0.15) is 5.75 Å². The van der Waals surface area contributed by atoms with E-state index in [-0.39, 0.29) is 11.9 Å². The van der Waals surface area contributed by atoms with E-state index in [1.54, 1.807) is 11.8 Å². The van der Waals surface area contributed by atoms with Crippen LogP contribution in [0.25, 0.3) is 0 Å². The molecule has 0 amide bonds. The molecule has 1 unspecified atom stereocenters. The Kier molecular flexibility index (Phi) is 3.79. The number of hydrogen-bond donors (Lipinski definition) is 0. The lowest BCUT2D eigenvalue weighted by Gasteiger charge is -2.24. The minimum Gasteiger partial charge on any atom is -0.481 e. The summed E-state index contributed by atoms with van der Waals surface area (Å²) in [5.41, 5.74) is 2.25. The number of benzene rings is 2. The quantitative estimate of drug-likeness (QED) is 0.860. The van der Waals surface area contributed by atoms with Crippen molar-refractivity contribution in [2.75, 3.05) is 5.75 Å². The SMILES string of the molecule is Cc1ccccc1CC(=O)C1CSc2ccccc2O1. The van der Waals surface area contributed by atoms with Gasteiger partial charge in [0, 0.05) is 17.1 Å². The van der Waals surface area contributed by atoms with Crippen molar-refractivity contribution in [1.82, 2.24) is 0 Å². The average molecular weight is 284 g/mol.